The van der Waals surface area contributed by atoms with Crippen LogP contribution in [0.2, 0.25) is 0 Å². The van der Waals surface area contributed by atoms with Crippen molar-refractivity contribution in [1.29, 1.82) is 0 Å². The molecule has 0 N–H and O–H groups in total. The van der Waals surface area contributed by atoms with E-state index in [1.54, 1.807) is 25.1 Å². The van der Waals surface area contributed by atoms with Crippen molar-refractivity contribution in [3.63, 3.8) is 0 Å². The summed E-state index contributed by atoms with van der Waals surface area (Å²) in [6, 6.07) is 6.52. The van der Waals surface area contributed by atoms with Crippen molar-refractivity contribution >= 4 is 6.08 Å². The average Bonchev–Trinajstić information content (AvgIpc) is 2.88. The van der Waals surface area contributed by atoms with Gasteiger partial charge in [-0.3, -0.25) is 0 Å². The number of halogens is 4. The summed E-state index contributed by atoms with van der Waals surface area (Å²) in [5, 5.41) is 0. The van der Waals surface area contributed by atoms with E-state index in [0.717, 1.165) is 51.4 Å². The minimum Gasteiger partial charge on any atom is -0.491 e. The Bertz CT molecular complexity index is 1060. The predicted molar refractivity (Wildman–Crippen MR) is 133 cm³/mol. The molecule has 2 aliphatic rings. The molecular formula is C30H34F4O. The van der Waals surface area contributed by atoms with Crippen LogP contribution in [0.3, 0.4) is 0 Å². The van der Waals surface area contributed by atoms with E-state index in [0.29, 0.717) is 17.0 Å². The van der Waals surface area contributed by atoms with Crippen molar-refractivity contribution in [2.24, 2.45) is 11.8 Å². The summed E-state index contributed by atoms with van der Waals surface area (Å²) in [5.41, 5.74) is 1.15. The van der Waals surface area contributed by atoms with Crippen LogP contribution in [0.1, 0.15) is 86.8 Å². The van der Waals surface area contributed by atoms with Crippen LogP contribution < -0.4 is 4.74 Å². The third-order valence-electron chi connectivity index (χ3n) is 7.82. The van der Waals surface area contributed by atoms with E-state index in [4.69, 9.17) is 4.74 Å². The summed E-state index contributed by atoms with van der Waals surface area (Å²) < 4.78 is 63.6. The van der Waals surface area contributed by atoms with Gasteiger partial charge >= 0.3 is 0 Å². The fraction of sp³-hybridized carbons (Fsp3) is 0.467. The smallest absolute Gasteiger partial charge is 0.201 e. The zero-order valence-electron chi connectivity index (χ0n) is 20.3. The maximum absolute atomic E-state index is 15.1. The van der Waals surface area contributed by atoms with Gasteiger partial charge in [0, 0.05) is 5.56 Å². The van der Waals surface area contributed by atoms with Crippen LogP contribution in [0.15, 0.2) is 43.0 Å². The van der Waals surface area contributed by atoms with Crippen molar-refractivity contribution in [2.45, 2.75) is 70.1 Å². The SMILES string of the molecule is C=CC1CCC(c2ccc(C3CCC(/C=C/c4ccc(OCC)c(F)c4F)CC3)c(F)c2F)CC1. The Kier molecular flexibility index (Phi) is 8.35. The third kappa shape index (κ3) is 5.65. The molecular weight excluding hydrogens is 452 g/mol. The minimum atomic E-state index is -0.979. The Balaban J connectivity index is 1.38. The van der Waals surface area contributed by atoms with E-state index in [2.05, 4.69) is 6.58 Å². The molecule has 0 aliphatic heterocycles. The molecule has 5 heteroatoms. The lowest BCUT2D eigenvalue weighted by Gasteiger charge is -2.29. The fourth-order valence-corrected chi connectivity index (χ4v) is 5.68. The molecule has 0 aromatic heterocycles. The molecule has 2 aliphatic carbocycles. The quantitative estimate of drug-likeness (QED) is 0.280. The van der Waals surface area contributed by atoms with Crippen LogP contribution >= 0.6 is 0 Å². The summed E-state index contributed by atoms with van der Waals surface area (Å²) in [4.78, 5) is 0. The molecule has 4 rings (SSSR count). The maximum atomic E-state index is 15.1. The first-order valence-corrected chi connectivity index (χ1v) is 12.8. The van der Waals surface area contributed by atoms with Crippen molar-refractivity contribution < 1.29 is 22.3 Å². The summed E-state index contributed by atoms with van der Waals surface area (Å²) in [5.74, 6) is -2.65. The van der Waals surface area contributed by atoms with E-state index < -0.39 is 23.3 Å². The second-order valence-corrected chi connectivity index (χ2v) is 9.90. The molecule has 2 fully saturated rings. The number of allylic oxidation sites excluding steroid dienone is 2. The third-order valence-corrected chi connectivity index (χ3v) is 7.82. The zero-order chi connectivity index (χ0) is 24.9. The first-order chi connectivity index (χ1) is 16.9. The fourth-order valence-electron chi connectivity index (χ4n) is 5.68. The van der Waals surface area contributed by atoms with Gasteiger partial charge in [0.1, 0.15) is 0 Å². The summed E-state index contributed by atoms with van der Waals surface area (Å²) in [7, 11) is 0. The molecule has 0 bridgehead atoms. The summed E-state index contributed by atoms with van der Waals surface area (Å²) >= 11 is 0. The zero-order valence-corrected chi connectivity index (χ0v) is 20.3. The van der Waals surface area contributed by atoms with Gasteiger partial charge in [-0.05, 0) is 105 Å². The number of ether oxygens (including phenoxy) is 1. The van der Waals surface area contributed by atoms with Gasteiger partial charge in [0.25, 0.3) is 0 Å². The van der Waals surface area contributed by atoms with Gasteiger partial charge in [-0.1, -0.05) is 30.4 Å². The lowest BCUT2D eigenvalue weighted by molar-refractivity contribution is 0.314. The van der Waals surface area contributed by atoms with Crippen LogP contribution in [-0.2, 0) is 0 Å². The lowest BCUT2D eigenvalue weighted by atomic mass is 9.76. The normalized spacial score (nSPS) is 25.1. The predicted octanol–water partition coefficient (Wildman–Crippen LogP) is 9.09. The molecule has 0 radical (unpaired) electrons. The largest absolute Gasteiger partial charge is 0.491 e. The minimum absolute atomic E-state index is 0.0284. The summed E-state index contributed by atoms with van der Waals surface area (Å²) in [6.45, 7) is 5.83. The van der Waals surface area contributed by atoms with Gasteiger partial charge in [-0.15, -0.1) is 6.58 Å². The van der Waals surface area contributed by atoms with E-state index in [-0.39, 0.29) is 35.7 Å². The molecule has 1 nitrogen and oxygen atoms in total. The molecule has 0 saturated heterocycles. The highest BCUT2D eigenvalue weighted by Crippen LogP contribution is 2.42. The summed E-state index contributed by atoms with van der Waals surface area (Å²) in [6.07, 6.45) is 12.2. The molecule has 0 spiro atoms. The molecule has 0 amide bonds. The van der Waals surface area contributed by atoms with Crippen molar-refractivity contribution in [3.8, 4) is 5.75 Å². The van der Waals surface area contributed by atoms with E-state index >= 15 is 8.78 Å². The number of benzene rings is 2. The van der Waals surface area contributed by atoms with E-state index in [1.165, 1.54) is 12.1 Å². The van der Waals surface area contributed by atoms with E-state index in [1.807, 2.05) is 12.2 Å². The Morgan fingerprint density at radius 3 is 1.80 bits per heavy atom. The van der Waals surface area contributed by atoms with Crippen LogP contribution in [0.4, 0.5) is 17.6 Å². The number of hydrogen-bond donors (Lipinski definition) is 0. The lowest BCUT2D eigenvalue weighted by Crippen LogP contribution is -2.16. The van der Waals surface area contributed by atoms with Gasteiger partial charge in [0.15, 0.2) is 23.2 Å². The Morgan fingerprint density at radius 2 is 1.29 bits per heavy atom. The van der Waals surface area contributed by atoms with Gasteiger partial charge < -0.3 is 4.74 Å². The molecule has 0 heterocycles. The Morgan fingerprint density at radius 1 is 0.743 bits per heavy atom. The molecule has 2 aromatic rings. The molecule has 188 valence electrons. The molecule has 0 atom stereocenters. The van der Waals surface area contributed by atoms with Gasteiger partial charge in [0.05, 0.1) is 6.61 Å². The van der Waals surface area contributed by atoms with Gasteiger partial charge in [-0.25, -0.2) is 13.2 Å². The van der Waals surface area contributed by atoms with Gasteiger partial charge in [0.2, 0.25) is 5.82 Å². The molecule has 35 heavy (non-hydrogen) atoms. The standard InChI is InChI=1S/C30H34F4O/c1-3-19-5-10-21(11-6-19)24-16-17-25(29(33)28(24)32)22-12-7-20(8-13-22)9-14-23-15-18-26(35-4-2)30(34)27(23)31/h3,9,14-22H,1,4-8,10-13H2,2H3/b14-9+. The average molecular weight is 487 g/mol. The Hall–Kier alpha value is -2.56. The topological polar surface area (TPSA) is 9.23 Å². The first-order valence-electron chi connectivity index (χ1n) is 12.8. The highest BCUT2D eigenvalue weighted by Gasteiger charge is 2.29. The van der Waals surface area contributed by atoms with Crippen molar-refractivity contribution in [1.82, 2.24) is 0 Å². The highest BCUT2D eigenvalue weighted by molar-refractivity contribution is 5.52. The molecule has 2 aromatic carbocycles. The Labute approximate surface area is 205 Å². The number of rotatable bonds is 7. The van der Waals surface area contributed by atoms with Crippen molar-refractivity contribution in [3.05, 3.63) is 83.0 Å². The highest BCUT2D eigenvalue weighted by atomic mass is 19.2. The van der Waals surface area contributed by atoms with Crippen LogP contribution in [0.5, 0.6) is 5.75 Å². The van der Waals surface area contributed by atoms with Crippen molar-refractivity contribution in [2.75, 3.05) is 6.61 Å². The van der Waals surface area contributed by atoms with E-state index in [9.17, 15) is 8.78 Å². The van der Waals surface area contributed by atoms with Crippen LogP contribution in [0.25, 0.3) is 6.08 Å². The van der Waals surface area contributed by atoms with Gasteiger partial charge in [-0.2, -0.15) is 4.39 Å². The number of hydrogen-bond acceptors (Lipinski definition) is 1. The monoisotopic (exact) mass is 486 g/mol. The molecule has 0 unspecified atom stereocenters. The van der Waals surface area contributed by atoms with Crippen LogP contribution in [-0.4, -0.2) is 6.61 Å². The first kappa shape index (κ1) is 25.5. The van der Waals surface area contributed by atoms with Crippen LogP contribution in [0, 0.1) is 35.1 Å². The second kappa shape index (κ2) is 11.5. The second-order valence-electron chi connectivity index (χ2n) is 9.90. The maximum Gasteiger partial charge on any atom is 0.201 e. The molecule has 2 saturated carbocycles.